The Bertz CT molecular complexity index is 1050. The summed E-state index contributed by atoms with van der Waals surface area (Å²) in [4.78, 5) is 18.1. The summed E-state index contributed by atoms with van der Waals surface area (Å²) < 4.78 is 41.8. The maximum Gasteiger partial charge on any atom is 0.416 e. The maximum absolute atomic E-state index is 13.3. The summed E-state index contributed by atoms with van der Waals surface area (Å²) in [6, 6.07) is 8.91. The largest absolute Gasteiger partial charge is 0.416 e. The van der Waals surface area contributed by atoms with Crippen molar-refractivity contribution in [2.24, 2.45) is 0 Å². The van der Waals surface area contributed by atoms with Crippen LogP contribution in [-0.2, 0) is 32.2 Å². The van der Waals surface area contributed by atoms with Crippen LogP contribution in [-0.4, -0.2) is 43.6 Å². The summed E-state index contributed by atoms with van der Waals surface area (Å²) in [5.41, 5.74) is 0.163. The monoisotopic (exact) mass is 430 g/mol. The normalized spacial score (nSPS) is 14.7. The van der Waals surface area contributed by atoms with E-state index in [9.17, 15) is 18.0 Å². The van der Waals surface area contributed by atoms with E-state index in [2.05, 4.69) is 20.5 Å². The number of carbonyl (C=O) groups excluding carboxylic acids is 1. The second-order valence-electron chi connectivity index (χ2n) is 7.28. The molecule has 7 nitrogen and oxygen atoms in total. The van der Waals surface area contributed by atoms with Crippen LogP contribution in [0.1, 0.15) is 33.1 Å². The summed E-state index contributed by atoms with van der Waals surface area (Å²) in [6.45, 7) is 2.10. The number of hydrogen-bond donors (Lipinski definition) is 1. The first-order chi connectivity index (χ1) is 14.9. The van der Waals surface area contributed by atoms with Crippen LogP contribution in [0.3, 0.4) is 0 Å². The van der Waals surface area contributed by atoms with Gasteiger partial charge in [0, 0.05) is 50.6 Å². The van der Waals surface area contributed by atoms with Gasteiger partial charge in [0.25, 0.3) is 5.91 Å². The van der Waals surface area contributed by atoms with Gasteiger partial charge >= 0.3 is 6.18 Å². The molecule has 0 atom stereocenters. The van der Waals surface area contributed by atoms with Gasteiger partial charge in [0.2, 0.25) is 0 Å². The van der Waals surface area contributed by atoms with Crippen molar-refractivity contribution in [1.82, 2.24) is 30.0 Å². The van der Waals surface area contributed by atoms with E-state index in [1.165, 1.54) is 12.1 Å². The number of alkyl halides is 3. The fourth-order valence-electron chi connectivity index (χ4n) is 3.66. The molecule has 0 aliphatic carbocycles. The van der Waals surface area contributed by atoms with Crippen molar-refractivity contribution < 1.29 is 18.0 Å². The molecule has 3 aromatic rings. The predicted octanol–water partition coefficient (Wildman–Crippen LogP) is 2.68. The highest BCUT2D eigenvalue weighted by Gasteiger charge is 2.33. The molecule has 2 aromatic heterocycles. The highest BCUT2D eigenvalue weighted by atomic mass is 19.4. The molecule has 1 aromatic carbocycles. The SMILES string of the molecule is O=C(NCc1nnc2n1CCN(Cc1ccccc1C(F)(F)F)CC2)c1ccncc1. The number of nitrogens with one attached hydrogen (secondary N) is 1. The minimum Gasteiger partial charge on any atom is -0.345 e. The van der Waals surface area contributed by atoms with Gasteiger partial charge in [-0.05, 0) is 23.8 Å². The lowest BCUT2D eigenvalue weighted by Gasteiger charge is -2.22. The molecule has 1 aliphatic rings. The number of aromatic nitrogens is 4. The summed E-state index contributed by atoms with van der Waals surface area (Å²) in [5, 5.41) is 11.2. The first-order valence-corrected chi connectivity index (χ1v) is 9.88. The molecule has 0 fully saturated rings. The van der Waals surface area contributed by atoms with Crippen LogP contribution in [0.15, 0.2) is 48.8 Å². The summed E-state index contributed by atoms with van der Waals surface area (Å²) in [6.07, 6.45) is -0.716. The van der Waals surface area contributed by atoms with E-state index in [1.54, 1.807) is 30.6 Å². The molecule has 0 spiro atoms. The molecule has 31 heavy (non-hydrogen) atoms. The molecular formula is C21H21F3N6O. The van der Waals surface area contributed by atoms with Crippen LogP contribution in [0.25, 0.3) is 0 Å². The highest BCUT2D eigenvalue weighted by Crippen LogP contribution is 2.32. The smallest absolute Gasteiger partial charge is 0.345 e. The average Bonchev–Trinajstić information content (AvgIpc) is 3.04. The Labute approximate surface area is 176 Å². The molecule has 10 heteroatoms. The van der Waals surface area contributed by atoms with Crippen LogP contribution in [0.2, 0.25) is 0 Å². The molecule has 0 saturated heterocycles. The van der Waals surface area contributed by atoms with Gasteiger partial charge < -0.3 is 9.88 Å². The van der Waals surface area contributed by atoms with E-state index < -0.39 is 11.7 Å². The summed E-state index contributed by atoms with van der Waals surface area (Å²) in [7, 11) is 0. The second-order valence-corrected chi connectivity index (χ2v) is 7.28. The molecular weight excluding hydrogens is 409 g/mol. The van der Waals surface area contributed by atoms with Crippen LogP contribution in [0, 0.1) is 0 Å². The Morgan fingerprint density at radius 1 is 1.03 bits per heavy atom. The Kier molecular flexibility index (Phi) is 5.99. The van der Waals surface area contributed by atoms with E-state index >= 15 is 0 Å². The highest BCUT2D eigenvalue weighted by molar-refractivity contribution is 5.93. The zero-order valence-electron chi connectivity index (χ0n) is 16.6. The van der Waals surface area contributed by atoms with Gasteiger partial charge in [-0.15, -0.1) is 10.2 Å². The van der Waals surface area contributed by atoms with Crippen molar-refractivity contribution in [3.05, 3.63) is 77.1 Å². The lowest BCUT2D eigenvalue weighted by molar-refractivity contribution is -0.138. The van der Waals surface area contributed by atoms with E-state index in [0.717, 1.165) is 11.9 Å². The number of pyridine rings is 1. The van der Waals surface area contributed by atoms with Crippen molar-refractivity contribution in [2.45, 2.75) is 32.2 Å². The molecule has 1 amide bonds. The van der Waals surface area contributed by atoms with Gasteiger partial charge in [0.1, 0.15) is 5.82 Å². The van der Waals surface area contributed by atoms with Crippen LogP contribution < -0.4 is 5.32 Å². The number of fused-ring (bicyclic) bond motifs is 1. The first-order valence-electron chi connectivity index (χ1n) is 9.88. The van der Waals surface area contributed by atoms with Crippen molar-refractivity contribution in [3.63, 3.8) is 0 Å². The molecule has 1 N–H and O–H groups in total. The minimum atomic E-state index is -4.38. The summed E-state index contributed by atoms with van der Waals surface area (Å²) >= 11 is 0. The minimum absolute atomic E-state index is 0.210. The molecule has 1 aliphatic heterocycles. The van der Waals surface area contributed by atoms with Gasteiger partial charge in [-0.2, -0.15) is 13.2 Å². The Hall–Kier alpha value is -3.27. The molecule has 162 valence electrons. The number of benzene rings is 1. The maximum atomic E-state index is 13.3. The third-order valence-electron chi connectivity index (χ3n) is 5.26. The summed E-state index contributed by atoms with van der Waals surface area (Å²) in [5.74, 6) is 1.15. The van der Waals surface area contributed by atoms with Crippen LogP contribution in [0.5, 0.6) is 0 Å². The predicted molar refractivity (Wildman–Crippen MR) is 106 cm³/mol. The fraction of sp³-hybridized carbons (Fsp3) is 0.333. The molecule has 0 bridgehead atoms. The Balaban J connectivity index is 1.40. The lowest BCUT2D eigenvalue weighted by Crippen LogP contribution is -2.28. The quantitative estimate of drug-likeness (QED) is 0.674. The fourth-order valence-corrected chi connectivity index (χ4v) is 3.66. The molecule has 0 unspecified atom stereocenters. The Morgan fingerprint density at radius 2 is 1.81 bits per heavy atom. The number of nitrogens with zero attached hydrogens (tertiary/aromatic N) is 5. The van der Waals surface area contributed by atoms with Crippen LogP contribution in [0.4, 0.5) is 13.2 Å². The number of carbonyl (C=O) groups is 1. The number of halogens is 3. The third kappa shape index (κ3) is 4.91. The van der Waals surface area contributed by atoms with Gasteiger partial charge in [-0.25, -0.2) is 0 Å². The second kappa shape index (κ2) is 8.84. The third-order valence-corrected chi connectivity index (χ3v) is 5.26. The van der Waals surface area contributed by atoms with Crippen molar-refractivity contribution in [2.75, 3.05) is 13.1 Å². The van der Waals surface area contributed by atoms with Crippen molar-refractivity contribution >= 4 is 5.91 Å². The topological polar surface area (TPSA) is 75.9 Å². The van der Waals surface area contributed by atoms with Crippen LogP contribution >= 0.6 is 0 Å². The zero-order valence-corrected chi connectivity index (χ0v) is 16.6. The average molecular weight is 430 g/mol. The number of amides is 1. The van der Waals surface area contributed by atoms with Crippen molar-refractivity contribution in [3.8, 4) is 0 Å². The van der Waals surface area contributed by atoms with Gasteiger partial charge in [-0.3, -0.25) is 14.7 Å². The molecule has 4 rings (SSSR count). The van der Waals surface area contributed by atoms with Gasteiger partial charge in [0.15, 0.2) is 5.82 Å². The standard InChI is InChI=1S/C21H21F3N6O/c22-21(23,24)17-4-2-1-3-16(17)14-29-10-7-18-27-28-19(30(18)12-11-29)13-26-20(31)15-5-8-25-9-6-15/h1-6,8-9H,7,10-14H2,(H,26,31). The number of rotatable bonds is 5. The Morgan fingerprint density at radius 3 is 2.58 bits per heavy atom. The molecule has 3 heterocycles. The molecule has 0 radical (unpaired) electrons. The first kappa shape index (κ1) is 21.0. The van der Waals surface area contributed by atoms with Gasteiger partial charge in [0.05, 0.1) is 12.1 Å². The van der Waals surface area contributed by atoms with Crippen molar-refractivity contribution in [1.29, 1.82) is 0 Å². The van der Waals surface area contributed by atoms with Gasteiger partial charge in [-0.1, -0.05) is 18.2 Å². The lowest BCUT2D eigenvalue weighted by atomic mass is 10.1. The zero-order chi connectivity index (χ0) is 21.8. The number of hydrogen-bond acceptors (Lipinski definition) is 5. The van der Waals surface area contributed by atoms with E-state index in [-0.39, 0.29) is 24.6 Å². The van der Waals surface area contributed by atoms with E-state index in [4.69, 9.17) is 0 Å². The molecule has 0 saturated carbocycles. The van der Waals surface area contributed by atoms with E-state index in [0.29, 0.717) is 37.4 Å². The van der Waals surface area contributed by atoms with E-state index in [1.807, 2.05) is 9.47 Å².